The lowest BCUT2D eigenvalue weighted by Gasteiger charge is -2.22. The highest BCUT2D eigenvalue weighted by Crippen LogP contribution is 2.12. The summed E-state index contributed by atoms with van der Waals surface area (Å²) in [6, 6.07) is 2.56. The number of thiol groups is 1. The van der Waals surface area contributed by atoms with Crippen molar-refractivity contribution >= 4 is 42.3 Å². The molecule has 0 aliphatic heterocycles. The van der Waals surface area contributed by atoms with E-state index in [0.29, 0.717) is 12.0 Å². The van der Waals surface area contributed by atoms with Gasteiger partial charge < -0.3 is 43.4 Å². The molecule has 0 fully saturated rings. The summed E-state index contributed by atoms with van der Waals surface area (Å²) in [4.78, 5) is 52.3. The van der Waals surface area contributed by atoms with Gasteiger partial charge in [-0.05, 0) is 30.5 Å². The van der Waals surface area contributed by atoms with Gasteiger partial charge in [0.2, 0.25) is 17.7 Å². The van der Waals surface area contributed by atoms with Crippen LogP contribution in [0, 0.1) is 0 Å². The molecule has 1 aromatic carbocycles. The summed E-state index contributed by atoms with van der Waals surface area (Å²) in [7, 11) is 0. The Kier molecular flexibility index (Phi) is 12.2. The second kappa shape index (κ2) is 14.6. The number of nitrogens with zero attached hydrogens (tertiary/aromatic N) is 1. The van der Waals surface area contributed by atoms with Crippen LogP contribution in [0.3, 0.4) is 0 Å². The number of guanidine groups is 1. The van der Waals surface area contributed by atoms with Crippen LogP contribution >= 0.6 is 12.6 Å². The predicted octanol–water partition coefficient (Wildman–Crippen LogP) is -2.58. The monoisotopic (exact) mass is 497 g/mol. The van der Waals surface area contributed by atoms with Gasteiger partial charge in [0.15, 0.2) is 5.96 Å². The minimum atomic E-state index is -1.29. The summed E-state index contributed by atoms with van der Waals surface area (Å²) in [5.41, 5.74) is 16.7. The normalized spacial score (nSPS) is 13.1. The number of aliphatic imine (C=N–C) groups is 1. The highest BCUT2D eigenvalue weighted by atomic mass is 32.1. The SMILES string of the molecule is NC(N)=NCCCC(NC(=O)CNC(=O)C(N)CS)C(=O)NC(Cc1ccc(O)cc1)C(=O)O. The number of nitrogens with two attached hydrogens (primary N) is 3. The van der Waals surface area contributed by atoms with E-state index in [1.165, 1.54) is 24.3 Å². The largest absolute Gasteiger partial charge is 0.508 e. The van der Waals surface area contributed by atoms with Gasteiger partial charge >= 0.3 is 5.97 Å². The fourth-order valence-corrected chi connectivity index (χ4v) is 2.91. The lowest BCUT2D eigenvalue weighted by molar-refractivity contribution is -0.142. The number of nitrogens with one attached hydrogen (secondary N) is 3. The van der Waals surface area contributed by atoms with Gasteiger partial charge in [0.05, 0.1) is 12.6 Å². The fraction of sp³-hybridized carbons (Fsp3) is 0.450. The maximum absolute atomic E-state index is 12.8. The van der Waals surface area contributed by atoms with Gasteiger partial charge in [0.1, 0.15) is 17.8 Å². The molecule has 1 aromatic rings. The number of aromatic hydroxyl groups is 1. The van der Waals surface area contributed by atoms with Gasteiger partial charge in [-0.15, -0.1) is 0 Å². The summed E-state index contributed by atoms with van der Waals surface area (Å²) in [6.07, 6.45) is 0.362. The highest BCUT2D eigenvalue weighted by molar-refractivity contribution is 7.80. The first-order chi connectivity index (χ1) is 16.0. The zero-order valence-corrected chi connectivity index (χ0v) is 19.3. The Balaban J connectivity index is 2.84. The van der Waals surface area contributed by atoms with E-state index in [9.17, 15) is 29.4 Å². The first-order valence-corrected chi connectivity index (χ1v) is 11.0. The van der Waals surface area contributed by atoms with Crippen LogP contribution in [0.1, 0.15) is 18.4 Å². The first kappa shape index (κ1) is 28.5. The number of amides is 3. The molecule has 0 aliphatic carbocycles. The number of benzene rings is 1. The van der Waals surface area contributed by atoms with Crippen LogP contribution in [0.25, 0.3) is 0 Å². The standard InChI is InChI=1S/C20H31N7O6S/c21-13(10-34)17(30)25-9-16(29)26-14(2-1-7-24-20(22)23)18(31)27-15(19(32)33)8-11-3-5-12(28)6-4-11/h3-6,13-15,28,34H,1-2,7-10,21H2,(H,25,30)(H,26,29)(H,27,31)(H,32,33)(H4,22,23,24). The number of aliphatic carboxylic acids is 1. The maximum Gasteiger partial charge on any atom is 0.326 e. The van der Waals surface area contributed by atoms with Crippen LogP contribution in [-0.4, -0.2) is 76.8 Å². The summed E-state index contributed by atoms with van der Waals surface area (Å²) in [5, 5.41) is 26.1. The molecule has 13 nitrogen and oxygen atoms in total. The van der Waals surface area contributed by atoms with Crippen molar-refractivity contribution in [3.63, 3.8) is 0 Å². The van der Waals surface area contributed by atoms with Crippen LogP contribution in [-0.2, 0) is 25.6 Å². The lowest BCUT2D eigenvalue weighted by atomic mass is 10.0. The Morgan fingerprint density at radius 1 is 1.03 bits per heavy atom. The van der Waals surface area contributed by atoms with Gasteiger partial charge in [-0.2, -0.15) is 12.6 Å². The predicted molar refractivity (Wildman–Crippen MR) is 128 cm³/mol. The smallest absolute Gasteiger partial charge is 0.326 e. The third kappa shape index (κ3) is 10.9. The van der Waals surface area contributed by atoms with Crippen molar-refractivity contribution in [2.24, 2.45) is 22.2 Å². The Bertz CT molecular complexity index is 877. The van der Waals surface area contributed by atoms with Crippen LogP contribution in [0.4, 0.5) is 0 Å². The second-order valence-electron chi connectivity index (χ2n) is 7.35. The number of carboxylic acid groups (broad SMARTS) is 1. The molecular formula is C20H31N7O6S. The van der Waals surface area contributed by atoms with E-state index >= 15 is 0 Å². The van der Waals surface area contributed by atoms with E-state index in [2.05, 4.69) is 33.6 Å². The molecule has 0 saturated heterocycles. The van der Waals surface area contributed by atoms with Gasteiger partial charge in [0.25, 0.3) is 0 Å². The summed E-state index contributed by atoms with van der Waals surface area (Å²) in [5.74, 6) is -3.30. The molecular weight excluding hydrogens is 466 g/mol. The van der Waals surface area contributed by atoms with Crippen molar-refractivity contribution in [2.45, 2.75) is 37.4 Å². The zero-order chi connectivity index (χ0) is 25.7. The number of hydrogen-bond donors (Lipinski definition) is 9. The van der Waals surface area contributed by atoms with Gasteiger partial charge in [0, 0.05) is 18.7 Å². The van der Waals surface area contributed by atoms with E-state index in [-0.39, 0.29) is 36.8 Å². The van der Waals surface area contributed by atoms with E-state index in [0.717, 1.165) is 0 Å². The Morgan fingerprint density at radius 3 is 2.24 bits per heavy atom. The summed E-state index contributed by atoms with van der Waals surface area (Å²) >= 11 is 3.90. The quantitative estimate of drug-likeness (QED) is 0.0567. The molecule has 0 bridgehead atoms. The molecule has 3 amide bonds. The summed E-state index contributed by atoms with van der Waals surface area (Å²) in [6.45, 7) is -0.251. The van der Waals surface area contributed by atoms with Crippen LogP contribution in [0.2, 0.25) is 0 Å². The molecule has 0 spiro atoms. The number of carbonyl (C=O) groups excluding carboxylic acids is 3. The minimum Gasteiger partial charge on any atom is -0.508 e. The number of carbonyl (C=O) groups is 4. The third-order valence-electron chi connectivity index (χ3n) is 4.54. The molecule has 1 rings (SSSR count). The van der Waals surface area contributed by atoms with Crippen molar-refractivity contribution in [1.29, 1.82) is 0 Å². The molecule has 188 valence electrons. The van der Waals surface area contributed by atoms with Crippen LogP contribution in [0.15, 0.2) is 29.3 Å². The minimum absolute atomic E-state index is 0.0191. The molecule has 0 aromatic heterocycles. The third-order valence-corrected chi connectivity index (χ3v) is 4.94. The highest BCUT2D eigenvalue weighted by Gasteiger charge is 2.27. The summed E-state index contributed by atoms with van der Waals surface area (Å²) < 4.78 is 0. The van der Waals surface area contributed by atoms with Crippen LogP contribution < -0.4 is 33.2 Å². The Morgan fingerprint density at radius 2 is 1.68 bits per heavy atom. The fourth-order valence-electron chi connectivity index (χ4n) is 2.74. The van der Waals surface area contributed by atoms with E-state index in [4.69, 9.17) is 17.2 Å². The van der Waals surface area contributed by atoms with E-state index < -0.39 is 48.4 Å². The molecule has 11 N–H and O–H groups in total. The Hall–Kier alpha value is -3.52. The molecule has 0 radical (unpaired) electrons. The lowest BCUT2D eigenvalue weighted by Crippen LogP contribution is -2.54. The molecule has 14 heteroatoms. The number of carboxylic acids is 1. The molecule has 0 aliphatic rings. The van der Waals surface area contributed by atoms with Gasteiger partial charge in [-0.25, -0.2) is 4.79 Å². The van der Waals surface area contributed by atoms with Gasteiger partial charge in [-0.1, -0.05) is 12.1 Å². The number of rotatable bonds is 14. The second-order valence-corrected chi connectivity index (χ2v) is 7.71. The molecule has 3 atom stereocenters. The maximum atomic E-state index is 12.8. The topological polar surface area (TPSA) is 235 Å². The first-order valence-electron chi connectivity index (χ1n) is 10.3. The number of hydrogen-bond acceptors (Lipinski definition) is 8. The van der Waals surface area contributed by atoms with Crippen molar-refractivity contribution in [1.82, 2.24) is 16.0 Å². The Labute approximate surface area is 201 Å². The van der Waals surface area contributed by atoms with Crippen molar-refractivity contribution < 1.29 is 29.4 Å². The average molecular weight is 498 g/mol. The van der Waals surface area contributed by atoms with Crippen molar-refractivity contribution in [3.05, 3.63) is 29.8 Å². The van der Waals surface area contributed by atoms with E-state index in [1.807, 2.05) is 0 Å². The molecule has 0 heterocycles. The number of phenols is 1. The van der Waals surface area contributed by atoms with Crippen LogP contribution in [0.5, 0.6) is 5.75 Å². The average Bonchev–Trinajstić information content (AvgIpc) is 2.79. The molecule has 34 heavy (non-hydrogen) atoms. The zero-order valence-electron chi connectivity index (χ0n) is 18.4. The van der Waals surface area contributed by atoms with E-state index in [1.54, 1.807) is 0 Å². The molecule has 0 saturated carbocycles. The molecule has 3 unspecified atom stereocenters. The number of phenolic OH excluding ortho intramolecular Hbond substituents is 1. The van der Waals surface area contributed by atoms with Crippen molar-refractivity contribution in [2.75, 3.05) is 18.8 Å². The van der Waals surface area contributed by atoms with Crippen molar-refractivity contribution in [3.8, 4) is 5.75 Å². The van der Waals surface area contributed by atoms with Gasteiger partial charge in [-0.3, -0.25) is 19.4 Å².